The number of carbonyl (C=O) groups excluding carboxylic acids is 1. The highest BCUT2D eigenvalue weighted by molar-refractivity contribution is 7.89. The third-order valence-corrected chi connectivity index (χ3v) is 6.16. The number of hydrogen-bond donors (Lipinski definition) is 2. The van der Waals surface area contributed by atoms with Gasteiger partial charge >= 0.3 is 5.97 Å². The Hall–Kier alpha value is -1.93. The van der Waals surface area contributed by atoms with Gasteiger partial charge in [0.15, 0.2) is 0 Å². The van der Waals surface area contributed by atoms with Crippen LogP contribution in [0.5, 0.6) is 0 Å². The molecule has 25 heavy (non-hydrogen) atoms. The van der Waals surface area contributed by atoms with Gasteiger partial charge in [0.1, 0.15) is 0 Å². The van der Waals surface area contributed by atoms with Crippen LogP contribution in [0, 0.1) is 26.7 Å². The summed E-state index contributed by atoms with van der Waals surface area (Å²) in [7, 11) is -3.70. The van der Waals surface area contributed by atoms with Gasteiger partial charge in [0.25, 0.3) is 0 Å². The van der Waals surface area contributed by atoms with Gasteiger partial charge in [-0.2, -0.15) is 0 Å². The van der Waals surface area contributed by atoms with Crippen LogP contribution in [0.4, 0.5) is 0 Å². The molecular weight excluding hydrogens is 344 g/mol. The molecule has 0 saturated carbocycles. The SMILES string of the molecule is Cc1cc(C)c(S(=O)(=O)NCCC(=O)N2CCC(C(=O)O)C2)c(C)c1. The number of carbonyl (C=O) groups is 2. The van der Waals surface area contributed by atoms with Crippen LogP contribution in [0.1, 0.15) is 29.5 Å². The number of nitrogens with one attached hydrogen (secondary N) is 1. The molecule has 1 fully saturated rings. The van der Waals surface area contributed by atoms with Gasteiger partial charge in [0.2, 0.25) is 15.9 Å². The van der Waals surface area contributed by atoms with Crippen molar-refractivity contribution in [2.24, 2.45) is 5.92 Å². The van der Waals surface area contributed by atoms with Gasteiger partial charge in [0, 0.05) is 26.1 Å². The molecule has 1 amide bonds. The van der Waals surface area contributed by atoms with Gasteiger partial charge in [-0.05, 0) is 38.3 Å². The van der Waals surface area contributed by atoms with Crippen LogP contribution in [0.3, 0.4) is 0 Å². The van der Waals surface area contributed by atoms with Crippen molar-refractivity contribution in [2.75, 3.05) is 19.6 Å². The minimum atomic E-state index is -3.70. The molecule has 1 heterocycles. The highest BCUT2D eigenvalue weighted by Gasteiger charge is 2.30. The van der Waals surface area contributed by atoms with Crippen molar-refractivity contribution in [3.8, 4) is 0 Å². The average Bonchev–Trinajstić information content (AvgIpc) is 2.95. The molecule has 1 aromatic rings. The smallest absolute Gasteiger partial charge is 0.308 e. The maximum atomic E-state index is 12.5. The molecule has 1 atom stereocenters. The van der Waals surface area contributed by atoms with Gasteiger partial charge in [0.05, 0.1) is 10.8 Å². The second-order valence-electron chi connectivity index (χ2n) is 6.54. The maximum absolute atomic E-state index is 12.5. The highest BCUT2D eigenvalue weighted by Crippen LogP contribution is 2.21. The van der Waals surface area contributed by atoms with E-state index in [-0.39, 0.29) is 30.3 Å². The van der Waals surface area contributed by atoms with E-state index in [0.717, 1.165) is 5.56 Å². The van der Waals surface area contributed by atoms with Crippen molar-refractivity contribution in [3.63, 3.8) is 0 Å². The van der Waals surface area contributed by atoms with E-state index in [1.54, 1.807) is 13.8 Å². The summed E-state index contributed by atoms with van der Waals surface area (Å²) in [6.45, 7) is 5.98. The number of likely N-dealkylation sites (tertiary alicyclic amines) is 1. The molecule has 2 rings (SSSR count). The number of sulfonamides is 1. The summed E-state index contributed by atoms with van der Waals surface area (Å²) in [5.74, 6) is -1.66. The molecule has 1 saturated heterocycles. The number of aryl methyl sites for hydroxylation is 3. The lowest BCUT2D eigenvalue weighted by Crippen LogP contribution is -2.34. The number of carboxylic acids is 1. The lowest BCUT2D eigenvalue weighted by Gasteiger charge is -2.17. The Kier molecular flexibility index (Phi) is 5.84. The van der Waals surface area contributed by atoms with Gasteiger partial charge in [-0.1, -0.05) is 17.7 Å². The summed E-state index contributed by atoms with van der Waals surface area (Å²) >= 11 is 0. The topological polar surface area (TPSA) is 104 Å². The lowest BCUT2D eigenvalue weighted by molar-refractivity contribution is -0.141. The zero-order chi connectivity index (χ0) is 18.8. The maximum Gasteiger partial charge on any atom is 0.308 e. The standard InChI is InChI=1S/C17H24N2O5S/c1-11-8-12(2)16(13(3)9-11)25(23,24)18-6-4-15(20)19-7-5-14(10-19)17(21)22/h8-9,14,18H,4-7,10H2,1-3H3,(H,21,22). The fourth-order valence-electron chi connectivity index (χ4n) is 3.30. The molecule has 0 spiro atoms. The predicted octanol–water partition coefficient (Wildman–Crippen LogP) is 1.21. The van der Waals surface area contributed by atoms with Crippen LogP contribution >= 0.6 is 0 Å². The first-order chi connectivity index (χ1) is 11.6. The molecular formula is C17H24N2O5S. The minimum Gasteiger partial charge on any atom is -0.481 e. The van der Waals surface area contributed by atoms with E-state index in [0.29, 0.717) is 24.1 Å². The Morgan fingerprint density at radius 2 is 1.84 bits per heavy atom. The monoisotopic (exact) mass is 368 g/mol. The third-order valence-electron chi connectivity index (χ3n) is 4.39. The summed E-state index contributed by atoms with van der Waals surface area (Å²) in [5.41, 5.74) is 2.33. The molecule has 0 radical (unpaired) electrons. The van der Waals surface area contributed by atoms with E-state index < -0.39 is 21.9 Å². The number of aliphatic carboxylic acids is 1. The zero-order valence-corrected chi connectivity index (χ0v) is 15.5. The molecule has 138 valence electrons. The molecule has 0 aliphatic carbocycles. The van der Waals surface area contributed by atoms with Crippen molar-refractivity contribution in [3.05, 3.63) is 28.8 Å². The van der Waals surface area contributed by atoms with Crippen LogP contribution < -0.4 is 4.72 Å². The summed E-state index contributed by atoms with van der Waals surface area (Å²) in [6, 6.07) is 3.62. The molecule has 0 aromatic heterocycles. The number of hydrogen-bond acceptors (Lipinski definition) is 4. The van der Waals surface area contributed by atoms with Gasteiger partial charge in [-0.25, -0.2) is 13.1 Å². The van der Waals surface area contributed by atoms with Crippen LogP contribution in [0.15, 0.2) is 17.0 Å². The lowest BCUT2D eigenvalue weighted by atomic mass is 10.1. The fraction of sp³-hybridized carbons (Fsp3) is 0.529. The summed E-state index contributed by atoms with van der Waals surface area (Å²) in [4.78, 5) is 24.8. The van der Waals surface area contributed by atoms with Crippen molar-refractivity contribution in [2.45, 2.75) is 38.5 Å². The average molecular weight is 368 g/mol. The first-order valence-electron chi connectivity index (χ1n) is 8.20. The van der Waals surface area contributed by atoms with Crippen molar-refractivity contribution in [1.82, 2.24) is 9.62 Å². The predicted molar refractivity (Wildman–Crippen MR) is 92.8 cm³/mol. The van der Waals surface area contributed by atoms with E-state index >= 15 is 0 Å². The Bertz CT molecular complexity index is 765. The molecule has 7 nitrogen and oxygen atoms in total. The van der Waals surface area contributed by atoms with Crippen molar-refractivity contribution in [1.29, 1.82) is 0 Å². The molecule has 1 aliphatic rings. The van der Waals surface area contributed by atoms with E-state index in [2.05, 4.69) is 4.72 Å². The number of carboxylic acid groups (broad SMARTS) is 1. The molecule has 2 N–H and O–H groups in total. The number of rotatable bonds is 6. The summed E-state index contributed by atoms with van der Waals surface area (Å²) in [5, 5.41) is 8.96. The van der Waals surface area contributed by atoms with Crippen LogP contribution in [0.2, 0.25) is 0 Å². The zero-order valence-electron chi connectivity index (χ0n) is 14.7. The second-order valence-corrected chi connectivity index (χ2v) is 8.24. The molecule has 1 aliphatic heterocycles. The molecule has 1 unspecified atom stereocenters. The van der Waals surface area contributed by atoms with Crippen LogP contribution in [-0.2, 0) is 19.6 Å². The normalized spacial score (nSPS) is 17.7. The largest absolute Gasteiger partial charge is 0.481 e. The number of amides is 1. The van der Waals surface area contributed by atoms with E-state index in [1.807, 2.05) is 19.1 Å². The third kappa shape index (κ3) is 4.58. The summed E-state index contributed by atoms with van der Waals surface area (Å²) < 4.78 is 27.5. The Morgan fingerprint density at radius 1 is 1.24 bits per heavy atom. The Labute approximate surface area is 148 Å². The van der Waals surface area contributed by atoms with Crippen LogP contribution in [-0.4, -0.2) is 49.9 Å². The number of nitrogens with zero attached hydrogens (tertiary/aromatic N) is 1. The quantitative estimate of drug-likeness (QED) is 0.785. The van der Waals surface area contributed by atoms with Crippen LogP contribution in [0.25, 0.3) is 0 Å². The molecule has 1 aromatic carbocycles. The van der Waals surface area contributed by atoms with E-state index in [1.165, 1.54) is 4.90 Å². The van der Waals surface area contributed by atoms with Gasteiger partial charge < -0.3 is 10.0 Å². The van der Waals surface area contributed by atoms with Gasteiger partial charge in [-0.15, -0.1) is 0 Å². The summed E-state index contributed by atoms with van der Waals surface area (Å²) in [6.07, 6.45) is 0.448. The first-order valence-corrected chi connectivity index (χ1v) is 9.68. The second kappa shape index (κ2) is 7.53. The fourth-order valence-corrected chi connectivity index (χ4v) is 4.78. The first kappa shape index (κ1) is 19.4. The molecule has 0 bridgehead atoms. The van der Waals surface area contributed by atoms with E-state index in [9.17, 15) is 18.0 Å². The number of benzene rings is 1. The highest BCUT2D eigenvalue weighted by atomic mass is 32.2. The Morgan fingerprint density at radius 3 is 2.36 bits per heavy atom. The Balaban J connectivity index is 1.95. The van der Waals surface area contributed by atoms with Gasteiger partial charge in [-0.3, -0.25) is 9.59 Å². The van der Waals surface area contributed by atoms with Crippen molar-refractivity contribution < 1.29 is 23.1 Å². The minimum absolute atomic E-state index is 0.00945. The van der Waals surface area contributed by atoms with E-state index in [4.69, 9.17) is 5.11 Å². The van der Waals surface area contributed by atoms with Crippen molar-refractivity contribution >= 4 is 21.9 Å². The molecule has 8 heteroatoms.